The van der Waals surface area contributed by atoms with Gasteiger partial charge in [0.25, 0.3) is 0 Å². The molecule has 2 aliphatic heterocycles. The van der Waals surface area contributed by atoms with Crippen molar-refractivity contribution in [1.82, 2.24) is 4.90 Å². The maximum atomic E-state index is 12.9. The molecule has 2 saturated heterocycles. The second kappa shape index (κ2) is 5.51. The average molecular weight is 287 g/mol. The summed E-state index contributed by atoms with van der Waals surface area (Å²) in [5.41, 5.74) is 2.22. The van der Waals surface area contributed by atoms with Crippen molar-refractivity contribution in [2.24, 2.45) is 0 Å². The number of nitrogens with zero attached hydrogens (tertiary/aromatic N) is 1. The first-order valence-electron chi connectivity index (χ1n) is 7.58. The van der Waals surface area contributed by atoms with Gasteiger partial charge in [0.1, 0.15) is 6.04 Å². The molecule has 112 valence electrons. The molecule has 4 nitrogen and oxygen atoms in total. The molecule has 3 rings (SSSR count). The molecule has 21 heavy (non-hydrogen) atoms. The number of methoxy groups -OCH3 is 1. The molecule has 0 saturated carbocycles. The molecule has 0 aliphatic carbocycles. The Hall–Kier alpha value is -1.84. The Bertz CT molecular complexity index is 569. The topological polar surface area (TPSA) is 46.6 Å². The molecular formula is C17H21NO3. The molecule has 2 fully saturated rings. The number of amides is 1. The predicted octanol–water partition coefficient (Wildman–Crippen LogP) is 2.41. The summed E-state index contributed by atoms with van der Waals surface area (Å²) in [6.45, 7) is 2.03. The number of fused-ring (bicyclic) bond motifs is 1. The lowest BCUT2D eigenvalue weighted by molar-refractivity contribution is -0.154. The Morgan fingerprint density at radius 2 is 2.00 bits per heavy atom. The maximum Gasteiger partial charge on any atom is 0.328 e. The van der Waals surface area contributed by atoms with Crippen LogP contribution >= 0.6 is 0 Å². The molecule has 4 heteroatoms. The summed E-state index contributed by atoms with van der Waals surface area (Å²) < 4.78 is 4.86. The van der Waals surface area contributed by atoms with Crippen LogP contribution < -0.4 is 0 Å². The maximum absolute atomic E-state index is 12.9. The Morgan fingerprint density at radius 3 is 2.71 bits per heavy atom. The molecule has 0 unspecified atom stereocenters. The number of aryl methyl sites for hydroxylation is 1. The Morgan fingerprint density at radius 1 is 1.24 bits per heavy atom. The van der Waals surface area contributed by atoms with E-state index in [9.17, 15) is 9.59 Å². The van der Waals surface area contributed by atoms with Crippen LogP contribution in [-0.2, 0) is 14.3 Å². The molecule has 1 aromatic rings. The lowest BCUT2D eigenvalue weighted by atomic mass is 9.86. The third-order valence-corrected chi connectivity index (χ3v) is 4.76. The number of ether oxygens (including phenoxy) is 1. The number of piperidine rings is 1. The minimum atomic E-state index is -0.389. The van der Waals surface area contributed by atoms with E-state index in [-0.39, 0.29) is 29.9 Å². The highest BCUT2D eigenvalue weighted by atomic mass is 16.5. The summed E-state index contributed by atoms with van der Waals surface area (Å²) >= 11 is 0. The van der Waals surface area contributed by atoms with Crippen LogP contribution in [0.2, 0.25) is 0 Å². The molecular weight excluding hydrogens is 266 g/mol. The summed E-state index contributed by atoms with van der Waals surface area (Å²) in [6.07, 6.45) is 3.48. The van der Waals surface area contributed by atoms with Gasteiger partial charge in [0.05, 0.1) is 13.0 Å². The first-order chi connectivity index (χ1) is 10.1. The zero-order chi connectivity index (χ0) is 15.0. The highest BCUT2D eigenvalue weighted by molar-refractivity contribution is 5.90. The molecule has 2 heterocycles. The number of carbonyl (C=O) groups excluding carboxylic acids is 2. The average Bonchev–Trinajstić information content (AvgIpc) is 2.91. The van der Waals surface area contributed by atoms with Gasteiger partial charge in [0.15, 0.2) is 0 Å². The minimum absolute atomic E-state index is 0.0877. The van der Waals surface area contributed by atoms with E-state index in [2.05, 4.69) is 6.07 Å². The van der Waals surface area contributed by atoms with Gasteiger partial charge in [-0.2, -0.15) is 0 Å². The van der Waals surface area contributed by atoms with Gasteiger partial charge in [-0.1, -0.05) is 29.8 Å². The van der Waals surface area contributed by atoms with Crippen molar-refractivity contribution in [2.45, 2.75) is 50.6 Å². The van der Waals surface area contributed by atoms with Crippen LogP contribution in [0.5, 0.6) is 0 Å². The van der Waals surface area contributed by atoms with Crippen LogP contribution in [-0.4, -0.2) is 36.0 Å². The smallest absolute Gasteiger partial charge is 0.328 e. The lowest BCUT2D eigenvalue weighted by Gasteiger charge is -2.37. The van der Waals surface area contributed by atoms with Crippen molar-refractivity contribution < 1.29 is 14.3 Å². The Balaban J connectivity index is 1.87. The second-order valence-corrected chi connectivity index (χ2v) is 6.06. The number of carbonyl (C=O) groups is 2. The molecule has 0 aromatic heterocycles. The van der Waals surface area contributed by atoms with Gasteiger partial charge in [-0.25, -0.2) is 4.79 Å². The summed E-state index contributed by atoms with van der Waals surface area (Å²) in [7, 11) is 1.39. The lowest BCUT2D eigenvalue weighted by Crippen LogP contribution is -2.50. The first kappa shape index (κ1) is 14.1. The predicted molar refractivity (Wildman–Crippen MR) is 78.8 cm³/mol. The van der Waals surface area contributed by atoms with Crippen molar-refractivity contribution >= 4 is 11.9 Å². The fourth-order valence-corrected chi connectivity index (χ4v) is 3.73. The van der Waals surface area contributed by atoms with E-state index >= 15 is 0 Å². The summed E-state index contributed by atoms with van der Waals surface area (Å²) in [5, 5.41) is 0. The third-order valence-electron chi connectivity index (χ3n) is 4.76. The summed E-state index contributed by atoms with van der Waals surface area (Å²) in [5.74, 6) is -0.313. The van der Waals surface area contributed by atoms with Crippen molar-refractivity contribution in [3.8, 4) is 0 Å². The standard InChI is InChI=1S/C17H21NO3/c1-11-4-3-5-12(10-11)14-8-6-13-7-9-15(17(20)21-2)18(13)16(14)19/h3-5,10,13-15H,6-9H2,1-2H3/t13-,14+,15-/m0/s1. The SMILES string of the molecule is COC(=O)[C@@H]1CC[C@@H]2CC[C@H](c3cccc(C)c3)C(=O)N21. The molecule has 0 N–H and O–H groups in total. The van der Waals surface area contributed by atoms with Gasteiger partial charge in [0, 0.05) is 6.04 Å². The van der Waals surface area contributed by atoms with Gasteiger partial charge < -0.3 is 9.64 Å². The van der Waals surface area contributed by atoms with E-state index in [1.54, 1.807) is 4.90 Å². The number of esters is 1. The molecule has 3 atom stereocenters. The molecule has 0 radical (unpaired) electrons. The molecule has 0 bridgehead atoms. The van der Waals surface area contributed by atoms with Gasteiger partial charge >= 0.3 is 5.97 Å². The largest absolute Gasteiger partial charge is 0.467 e. The second-order valence-electron chi connectivity index (χ2n) is 6.06. The van der Waals surface area contributed by atoms with Crippen molar-refractivity contribution in [2.75, 3.05) is 7.11 Å². The van der Waals surface area contributed by atoms with Crippen LogP contribution in [0, 0.1) is 6.92 Å². The van der Waals surface area contributed by atoms with Crippen molar-refractivity contribution in [1.29, 1.82) is 0 Å². The third kappa shape index (κ3) is 2.43. The summed E-state index contributed by atoms with van der Waals surface area (Å²) in [6, 6.07) is 7.94. The quantitative estimate of drug-likeness (QED) is 0.785. The first-order valence-corrected chi connectivity index (χ1v) is 7.58. The number of rotatable bonds is 2. The van der Waals surface area contributed by atoms with Crippen LogP contribution in [0.3, 0.4) is 0 Å². The number of hydrogen-bond acceptors (Lipinski definition) is 3. The van der Waals surface area contributed by atoms with E-state index in [0.717, 1.165) is 36.8 Å². The van der Waals surface area contributed by atoms with E-state index in [1.165, 1.54) is 7.11 Å². The molecule has 2 aliphatic rings. The molecule has 1 aromatic carbocycles. The van der Waals surface area contributed by atoms with E-state index in [1.807, 2.05) is 25.1 Å². The normalized spacial score (nSPS) is 28.4. The van der Waals surface area contributed by atoms with Crippen LogP contribution in [0.25, 0.3) is 0 Å². The number of hydrogen-bond donors (Lipinski definition) is 0. The highest BCUT2D eigenvalue weighted by Gasteiger charge is 2.46. The fourth-order valence-electron chi connectivity index (χ4n) is 3.73. The van der Waals surface area contributed by atoms with Gasteiger partial charge in [-0.05, 0) is 38.2 Å². The number of benzene rings is 1. The highest BCUT2D eigenvalue weighted by Crippen LogP contribution is 2.39. The van der Waals surface area contributed by atoms with Crippen molar-refractivity contribution in [3.63, 3.8) is 0 Å². The molecule has 1 amide bonds. The van der Waals surface area contributed by atoms with Crippen LogP contribution in [0.15, 0.2) is 24.3 Å². The van der Waals surface area contributed by atoms with Crippen LogP contribution in [0.4, 0.5) is 0 Å². The zero-order valence-electron chi connectivity index (χ0n) is 12.5. The molecule has 0 spiro atoms. The van der Waals surface area contributed by atoms with E-state index < -0.39 is 0 Å². The van der Waals surface area contributed by atoms with Gasteiger partial charge in [-0.3, -0.25) is 4.79 Å². The Kier molecular flexibility index (Phi) is 3.70. The monoisotopic (exact) mass is 287 g/mol. The van der Waals surface area contributed by atoms with Crippen LogP contribution in [0.1, 0.15) is 42.7 Å². The van der Waals surface area contributed by atoms with Gasteiger partial charge in [-0.15, -0.1) is 0 Å². The van der Waals surface area contributed by atoms with E-state index in [4.69, 9.17) is 4.74 Å². The zero-order valence-corrected chi connectivity index (χ0v) is 12.5. The van der Waals surface area contributed by atoms with Gasteiger partial charge in [0.2, 0.25) is 5.91 Å². The van der Waals surface area contributed by atoms with E-state index in [0.29, 0.717) is 0 Å². The Labute approximate surface area is 125 Å². The van der Waals surface area contributed by atoms with Crippen molar-refractivity contribution in [3.05, 3.63) is 35.4 Å². The minimum Gasteiger partial charge on any atom is -0.467 e. The summed E-state index contributed by atoms with van der Waals surface area (Å²) in [4.78, 5) is 26.6. The fraction of sp³-hybridized carbons (Fsp3) is 0.529.